The zero-order valence-corrected chi connectivity index (χ0v) is 14.2. The summed E-state index contributed by atoms with van der Waals surface area (Å²) < 4.78 is 20.0. The van der Waals surface area contributed by atoms with E-state index in [1.54, 1.807) is 12.1 Å². The third kappa shape index (κ3) is 3.37. The van der Waals surface area contributed by atoms with Gasteiger partial charge in [-0.1, -0.05) is 0 Å². The highest BCUT2D eigenvalue weighted by Gasteiger charge is 2.23. The molecule has 2 aromatic rings. The fourth-order valence-corrected chi connectivity index (χ4v) is 3.16. The highest BCUT2D eigenvalue weighted by atomic mass is 35.5. The molecule has 2 aliphatic rings. The van der Waals surface area contributed by atoms with Gasteiger partial charge < -0.3 is 9.64 Å². The van der Waals surface area contributed by atoms with E-state index >= 15 is 0 Å². The molecular formula is C18H22ClFN2O. The van der Waals surface area contributed by atoms with Crippen LogP contribution < -0.4 is 9.64 Å². The molecular weight excluding hydrogens is 315 g/mol. The van der Waals surface area contributed by atoms with Crippen LogP contribution >= 0.6 is 12.4 Å². The molecule has 1 saturated heterocycles. The quantitative estimate of drug-likeness (QED) is 0.822. The van der Waals surface area contributed by atoms with Gasteiger partial charge in [0, 0.05) is 35.9 Å². The van der Waals surface area contributed by atoms with E-state index in [1.165, 1.54) is 25.7 Å². The zero-order valence-electron chi connectivity index (χ0n) is 13.3. The smallest absolute Gasteiger partial charge is 0.165 e. The molecule has 4 rings (SSSR count). The van der Waals surface area contributed by atoms with Crippen LogP contribution in [0.15, 0.2) is 18.2 Å². The minimum Gasteiger partial charge on any atom is -0.490 e. The van der Waals surface area contributed by atoms with Crippen molar-refractivity contribution in [1.82, 2.24) is 4.98 Å². The number of aromatic nitrogens is 1. The van der Waals surface area contributed by atoms with Crippen LogP contribution in [0, 0.1) is 18.7 Å². The number of rotatable bonds is 4. The molecule has 1 aliphatic heterocycles. The molecule has 0 N–H and O–H groups in total. The SMILES string of the molecule is Cc1cc(N2CCCC2)c2cc(F)c(OCC3CC3)cc2n1.Cl. The normalized spacial score (nSPS) is 17.4. The van der Waals surface area contributed by atoms with Gasteiger partial charge in [0.05, 0.1) is 12.1 Å². The van der Waals surface area contributed by atoms with Crippen molar-refractivity contribution in [3.8, 4) is 5.75 Å². The Morgan fingerprint density at radius 3 is 2.65 bits per heavy atom. The third-order valence-electron chi connectivity index (χ3n) is 4.59. The van der Waals surface area contributed by atoms with Crippen LogP contribution in [-0.2, 0) is 0 Å². The van der Waals surface area contributed by atoms with Crippen LogP contribution in [0.5, 0.6) is 5.75 Å². The Morgan fingerprint density at radius 1 is 1.22 bits per heavy atom. The molecule has 0 radical (unpaired) electrons. The van der Waals surface area contributed by atoms with Crippen LogP contribution in [0.25, 0.3) is 10.9 Å². The number of fused-ring (bicyclic) bond motifs is 1. The summed E-state index contributed by atoms with van der Waals surface area (Å²) in [7, 11) is 0. The number of pyridine rings is 1. The highest BCUT2D eigenvalue weighted by molar-refractivity contribution is 5.93. The summed E-state index contributed by atoms with van der Waals surface area (Å²) in [5.41, 5.74) is 2.90. The van der Waals surface area contributed by atoms with Crippen molar-refractivity contribution in [2.24, 2.45) is 5.92 Å². The van der Waals surface area contributed by atoms with Crippen molar-refractivity contribution < 1.29 is 9.13 Å². The lowest BCUT2D eigenvalue weighted by molar-refractivity contribution is 0.286. The van der Waals surface area contributed by atoms with Crippen molar-refractivity contribution in [3.63, 3.8) is 0 Å². The van der Waals surface area contributed by atoms with Gasteiger partial charge in [-0.15, -0.1) is 12.4 Å². The zero-order chi connectivity index (χ0) is 15.1. The lowest BCUT2D eigenvalue weighted by Gasteiger charge is -2.20. The summed E-state index contributed by atoms with van der Waals surface area (Å²) in [4.78, 5) is 6.91. The van der Waals surface area contributed by atoms with Gasteiger partial charge in [0.25, 0.3) is 0 Å². The first-order valence-electron chi connectivity index (χ1n) is 8.19. The number of ether oxygens (including phenoxy) is 1. The van der Waals surface area contributed by atoms with Gasteiger partial charge in [-0.05, 0) is 50.7 Å². The van der Waals surface area contributed by atoms with Gasteiger partial charge in [0.15, 0.2) is 11.6 Å². The molecule has 1 saturated carbocycles. The van der Waals surface area contributed by atoms with Gasteiger partial charge in [-0.2, -0.15) is 0 Å². The standard InChI is InChI=1S/C18H21FN2O.ClH/c1-12-8-17(21-6-2-3-7-21)14-9-15(19)18(10-16(14)20-12)22-11-13-4-5-13;/h8-10,13H,2-7,11H2,1H3;1H. The average Bonchev–Trinajstić information content (AvgIpc) is 3.16. The molecule has 0 amide bonds. The molecule has 1 aromatic carbocycles. The van der Waals surface area contributed by atoms with Crippen LogP contribution in [0.3, 0.4) is 0 Å². The van der Waals surface area contributed by atoms with Crippen LogP contribution in [-0.4, -0.2) is 24.7 Å². The Morgan fingerprint density at radius 2 is 1.96 bits per heavy atom. The second kappa shape index (κ2) is 6.52. The van der Waals surface area contributed by atoms with E-state index in [9.17, 15) is 4.39 Å². The van der Waals surface area contributed by atoms with E-state index in [-0.39, 0.29) is 18.2 Å². The number of nitrogens with zero attached hydrogens (tertiary/aromatic N) is 2. The van der Waals surface area contributed by atoms with Gasteiger partial charge in [0.1, 0.15) is 0 Å². The van der Waals surface area contributed by atoms with Crippen molar-refractivity contribution in [3.05, 3.63) is 29.7 Å². The number of anilines is 1. The molecule has 124 valence electrons. The first-order valence-corrected chi connectivity index (χ1v) is 8.19. The van der Waals surface area contributed by atoms with Gasteiger partial charge in [-0.3, -0.25) is 4.98 Å². The summed E-state index contributed by atoms with van der Waals surface area (Å²) in [6.45, 7) is 4.69. The molecule has 1 aromatic heterocycles. The van der Waals surface area contributed by atoms with E-state index in [0.29, 0.717) is 18.3 Å². The number of halogens is 2. The number of hydrogen-bond donors (Lipinski definition) is 0. The first kappa shape index (κ1) is 16.3. The lowest BCUT2D eigenvalue weighted by atomic mass is 10.1. The molecule has 5 heteroatoms. The monoisotopic (exact) mass is 336 g/mol. The van der Waals surface area contributed by atoms with Crippen LogP contribution in [0.1, 0.15) is 31.4 Å². The number of aryl methyl sites for hydroxylation is 1. The molecule has 0 spiro atoms. The van der Waals surface area contributed by atoms with E-state index in [1.807, 2.05) is 6.92 Å². The topological polar surface area (TPSA) is 25.4 Å². The van der Waals surface area contributed by atoms with Crippen molar-refractivity contribution >= 4 is 29.0 Å². The Bertz CT molecular complexity index is 712. The van der Waals surface area contributed by atoms with Crippen LogP contribution in [0.2, 0.25) is 0 Å². The molecule has 0 atom stereocenters. The second-order valence-electron chi connectivity index (χ2n) is 6.53. The predicted octanol–water partition coefficient (Wildman–Crippen LogP) is 4.49. The minimum absolute atomic E-state index is 0. The Labute approximate surface area is 142 Å². The Hall–Kier alpha value is -1.55. The fourth-order valence-electron chi connectivity index (χ4n) is 3.16. The maximum Gasteiger partial charge on any atom is 0.165 e. The molecule has 0 bridgehead atoms. The summed E-state index contributed by atoms with van der Waals surface area (Å²) in [6, 6.07) is 5.43. The Kier molecular flexibility index (Phi) is 4.62. The van der Waals surface area contributed by atoms with Crippen molar-refractivity contribution in [2.75, 3.05) is 24.6 Å². The Balaban J connectivity index is 0.00000156. The first-order chi connectivity index (χ1) is 10.7. The van der Waals surface area contributed by atoms with E-state index in [0.717, 1.165) is 35.4 Å². The molecule has 1 aliphatic carbocycles. The average molecular weight is 337 g/mol. The molecule has 3 nitrogen and oxygen atoms in total. The summed E-state index contributed by atoms with van der Waals surface area (Å²) in [6.07, 6.45) is 4.80. The molecule has 2 heterocycles. The third-order valence-corrected chi connectivity index (χ3v) is 4.59. The number of hydrogen-bond acceptors (Lipinski definition) is 3. The highest BCUT2D eigenvalue weighted by Crippen LogP contribution is 2.34. The van der Waals surface area contributed by atoms with E-state index < -0.39 is 0 Å². The predicted molar refractivity (Wildman–Crippen MR) is 93.4 cm³/mol. The van der Waals surface area contributed by atoms with E-state index in [2.05, 4.69) is 16.0 Å². The summed E-state index contributed by atoms with van der Waals surface area (Å²) >= 11 is 0. The largest absolute Gasteiger partial charge is 0.490 e. The summed E-state index contributed by atoms with van der Waals surface area (Å²) in [5.74, 6) is 0.671. The van der Waals surface area contributed by atoms with Crippen molar-refractivity contribution in [1.29, 1.82) is 0 Å². The van der Waals surface area contributed by atoms with E-state index in [4.69, 9.17) is 4.74 Å². The lowest BCUT2D eigenvalue weighted by Crippen LogP contribution is -2.18. The summed E-state index contributed by atoms with van der Waals surface area (Å²) in [5, 5.41) is 0.892. The molecule has 0 unspecified atom stereocenters. The maximum atomic E-state index is 14.4. The van der Waals surface area contributed by atoms with Gasteiger partial charge in [-0.25, -0.2) is 4.39 Å². The van der Waals surface area contributed by atoms with Gasteiger partial charge >= 0.3 is 0 Å². The van der Waals surface area contributed by atoms with Crippen molar-refractivity contribution in [2.45, 2.75) is 32.6 Å². The molecule has 2 fully saturated rings. The molecule has 23 heavy (non-hydrogen) atoms. The maximum absolute atomic E-state index is 14.4. The fraction of sp³-hybridized carbons (Fsp3) is 0.500. The minimum atomic E-state index is -0.278. The van der Waals surface area contributed by atoms with Gasteiger partial charge in [0.2, 0.25) is 0 Å². The number of benzene rings is 1. The second-order valence-corrected chi connectivity index (χ2v) is 6.53. The van der Waals surface area contributed by atoms with Crippen LogP contribution in [0.4, 0.5) is 10.1 Å².